The molecule has 2 rings (SSSR count). The molecule has 0 aliphatic heterocycles. The maximum Gasteiger partial charge on any atom is 0.185 e. The summed E-state index contributed by atoms with van der Waals surface area (Å²) in [6.45, 7) is 0. The number of ketones is 1. The monoisotopic (exact) mass is 258 g/mol. The molecular formula is C15H11ClO2. The molecule has 0 aliphatic rings. The summed E-state index contributed by atoms with van der Waals surface area (Å²) in [7, 11) is 0. The van der Waals surface area contributed by atoms with Gasteiger partial charge in [-0.3, -0.25) is 4.79 Å². The number of allylic oxidation sites excluding steroid dienone is 1. The summed E-state index contributed by atoms with van der Waals surface area (Å²) in [6, 6.07) is 13.6. The molecule has 0 unspecified atom stereocenters. The maximum absolute atomic E-state index is 11.8. The first-order valence-corrected chi connectivity index (χ1v) is 5.80. The van der Waals surface area contributed by atoms with Gasteiger partial charge in [0, 0.05) is 5.56 Å². The van der Waals surface area contributed by atoms with Crippen LogP contribution in [0.15, 0.2) is 54.6 Å². The predicted octanol–water partition coefficient (Wildman–Crippen LogP) is 3.94. The molecule has 0 bridgehead atoms. The van der Waals surface area contributed by atoms with Crippen molar-refractivity contribution in [3.05, 3.63) is 70.8 Å². The van der Waals surface area contributed by atoms with E-state index in [-0.39, 0.29) is 11.5 Å². The number of benzene rings is 2. The van der Waals surface area contributed by atoms with Crippen LogP contribution in [-0.2, 0) is 0 Å². The largest absolute Gasteiger partial charge is 0.508 e. The third-order valence-corrected chi connectivity index (χ3v) is 2.78. The van der Waals surface area contributed by atoms with Crippen molar-refractivity contribution in [3.8, 4) is 5.75 Å². The smallest absolute Gasteiger partial charge is 0.185 e. The van der Waals surface area contributed by atoms with E-state index >= 15 is 0 Å². The first-order valence-electron chi connectivity index (χ1n) is 5.43. The molecule has 2 nitrogen and oxygen atoms in total. The molecule has 0 spiro atoms. The van der Waals surface area contributed by atoms with Crippen LogP contribution in [0.2, 0.25) is 5.02 Å². The Balaban J connectivity index is 2.19. The van der Waals surface area contributed by atoms with E-state index in [1.54, 1.807) is 24.3 Å². The van der Waals surface area contributed by atoms with Gasteiger partial charge in [-0.25, -0.2) is 0 Å². The zero-order valence-electron chi connectivity index (χ0n) is 9.51. The molecule has 0 aliphatic carbocycles. The molecule has 0 radical (unpaired) electrons. The van der Waals surface area contributed by atoms with Gasteiger partial charge in [0.2, 0.25) is 0 Å². The highest BCUT2D eigenvalue weighted by Crippen LogP contribution is 2.22. The Morgan fingerprint density at radius 1 is 1.11 bits per heavy atom. The number of phenols is 1. The van der Waals surface area contributed by atoms with E-state index in [1.807, 2.05) is 18.2 Å². The zero-order chi connectivity index (χ0) is 13.0. The molecule has 1 N–H and O–H groups in total. The first-order chi connectivity index (χ1) is 8.66. The van der Waals surface area contributed by atoms with Gasteiger partial charge < -0.3 is 5.11 Å². The van der Waals surface area contributed by atoms with Crippen LogP contribution in [0.1, 0.15) is 15.9 Å². The zero-order valence-corrected chi connectivity index (χ0v) is 10.3. The molecule has 0 atom stereocenters. The minimum Gasteiger partial charge on any atom is -0.508 e. The Morgan fingerprint density at radius 3 is 2.50 bits per heavy atom. The van der Waals surface area contributed by atoms with Crippen molar-refractivity contribution < 1.29 is 9.90 Å². The number of phenolic OH excluding ortho intramolecular Hbond substituents is 1. The van der Waals surface area contributed by atoms with E-state index in [9.17, 15) is 9.90 Å². The second-order valence-electron chi connectivity index (χ2n) is 3.77. The van der Waals surface area contributed by atoms with Gasteiger partial charge in [-0.2, -0.15) is 0 Å². The van der Waals surface area contributed by atoms with E-state index < -0.39 is 0 Å². The van der Waals surface area contributed by atoms with Crippen LogP contribution in [-0.4, -0.2) is 10.9 Å². The highest BCUT2D eigenvalue weighted by atomic mass is 35.5. The summed E-state index contributed by atoms with van der Waals surface area (Å²) < 4.78 is 0. The molecule has 0 saturated heterocycles. The number of carbonyl (C=O) groups excluding carboxylic acids is 1. The number of rotatable bonds is 3. The molecule has 90 valence electrons. The number of aromatic hydroxyl groups is 1. The third kappa shape index (κ3) is 2.99. The summed E-state index contributed by atoms with van der Waals surface area (Å²) in [5.74, 6) is 0.0197. The standard InChI is InChI=1S/C15H11ClO2/c16-14-10-13(17)8-6-11(14)7-9-15(18)12-4-2-1-3-5-12/h1-10,17H/b9-7+. The van der Waals surface area contributed by atoms with Crippen LogP contribution in [0.4, 0.5) is 0 Å². The second kappa shape index (κ2) is 5.52. The summed E-state index contributed by atoms with van der Waals surface area (Å²) in [6.07, 6.45) is 3.10. The van der Waals surface area contributed by atoms with E-state index in [2.05, 4.69) is 0 Å². The summed E-state index contributed by atoms with van der Waals surface area (Å²) in [5, 5.41) is 9.63. The lowest BCUT2D eigenvalue weighted by Crippen LogP contribution is -1.92. The lowest BCUT2D eigenvalue weighted by molar-refractivity contribution is 0.104. The van der Waals surface area contributed by atoms with Crippen molar-refractivity contribution in [1.29, 1.82) is 0 Å². The molecule has 0 heterocycles. The van der Waals surface area contributed by atoms with Gasteiger partial charge in [0.1, 0.15) is 5.75 Å². The van der Waals surface area contributed by atoms with Crippen LogP contribution >= 0.6 is 11.6 Å². The Morgan fingerprint density at radius 2 is 1.83 bits per heavy atom. The first kappa shape index (κ1) is 12.4. The van der Waals surface area contributed by atoms with Crippen LogP contribution < -0.4 is 0 Å². The minimum absolute atomic E-state index is 0.0836. The predicted molar refractivity (Wildman–Crippen MR) is 72.9 cm³/mol. The van der Waals surface area contributed by atoms with E-state index in [4.69, 9.17) is 11.6 Å². The van der Waals surface area contributed by atoms with Crippen molar-refractivity contribution in [1.82, 2.24) is 0 Å². The Kier molecular flexibility index (Phi) is 3.80. The van der Waals surface area contributed by atoms with Gasteiger partial charge in [0.25, 0.3) is 0 Å². The summed E-state index contributed by atoms with van der Waals surface area (Å²) in [4.78, 5) is 11.8. The second-order valence-corrected chi connectivity index (χ2v) is 4.18. The molecule has 0 amide bonds. The molecule has 2 aromatic carbocycles. The quantitative estimate of drug-likeness (QED) is 0.669. The lowest BCUT2D eigenvalue weighted by atomic mass is 10.1. The average Bonchev–Trinajstić information content (AvgIpc) is 2.38. The molecular weight excluding hydrogens is 248 g/mol. The number of hydrogen-bond acceptors (Lipinski definition) is 2. The molecule has 0 saturated carbocycles. The summed E-state index contributed by atoms with van der Waals surface area (Å²) in [5.41, 5.74) is 1.32. The molecule has 0 aromatic heterocycles. The Hall–Kier alpha value is -2.06. The molecule has 0 fully saturated rings. The number of halogens is 1. The van der Waals surface area contributed by atoms with Crippen LogP contribution in [0.3, 0.4) is 0 Å². The van der Waals surface area contributed by atoms with Gasteiger partial charge in [0.05, 0.1) is 5.02 Å². The summed E-state index contributed by atoms with van der Waals surface area (Å²) >= 11 is 5.94. The van der Waals surface area contributed by atoms with Gasteiger partial charge in [0.15, 0.2) is 5.78 Å². The van der Waals surface area contributed by atoms with Gasteiger partial charge in [-0.15, -0.1) is 0 Å². The normalized spacial score (nSPS) is 10.7. The Labute approximate surface area is 110 Å². The van der Waals surface area contributed by atoms with Crippen molar-refractivity contribution in [2.45, 2.75) is 0 Å². The fraction of sp³-hybridized carbons (Fsp3) is 0. The van der Waals surface area contributed by atoms with E-state index in [0.717, 1.165) is 0 Å². The van der Waals surface area contributed by atoms with Crippen molar-refractivity contribution in [2.24, 2.45) is 0 Å². The minimum atomic E-state index is -0.0836. The lowest BCUT2D eigenvalue weighted by Gasteiger charge is -1.99. The topological polar surface area (TPSA) is 37.3 Å². The highest BCUT2D eigenvalue weighted by Gasteiger charge is 2.01. The fourth-order valence-electron chi connectivity index (χ4n) is 1.52. The number of hydrogen-bond donors (Lipinski definition) is 1. The van der Waals surface area contributed by atoms with Crippen molar-refractivity contribution in [2.75, 3.05) is 0 Å². The van der Waals surface area contributed by atoms with Gasteiger partial charge >= 0.3 is 0 Å². The molecule has 3 heteroatoms. The van der Waals surface area contributed by atoms with Crippen molar-refractivity contribution in [3.63, 3.8) is 0 Å². The molecule has 18 heavy (non-hydrogen) atoms. The van der Waals surface area contributed by atoms with Gasteiger partial charge in [-0.1, -0.05) is 41.9 Å². The highest BCUT2D eigenvalue weighted by molar-refractivity contribution is 6.32. The Bertz CT molecular complexity index is 589. The number of carbonyl (C=O) groups is 1. The van der Waals surface area contributed by atoms with E-state index in [0.29, 0.717) is 16.1 Å². The van der Waals surface area contributed by atoms with Gasteiger partial charge in [-0.05, 0) is 35.9 Å². The average molecular weight is 259 g/mol. The van der Waals surface area contributed by atoms with Crippen LogP contribution in [0.5, 0.6) is 5.75 Å². The van der Waals surface area contributed by atoms with Crippen LogP contribution in [0, 0.1) is 0 Å². The third-order valence-electron chi connectivity index (χ3n) is 2.46. The van der Waals surface area contributed by atoms with Crippen molar-refractivity contribution >= 4 is 23.5 Å². The molecule has 2 aromatic rings. The van der Waals surface area contributed by atoms with Crippen LogP contribution in [0.25, 0.3) is 6.08 Å². The SMILES string of the molecule is O=C(/C=C/c1ccc(O)cc1Cl)c1ccccc1. The maximum atomic E-state index is 11.8. The van der Waals surface area contributed by atoms with E-state index in [1.165, 1.54) is 18.2 Å². The fourth-order valence-corrected chi connectivity index (χ4v) is 1.75.